The fourth-order valence-electron chi connectivity index (χ4n) is 0.630. The molecule has 0 amide bonds. The average molecular weight is 210 g/mol. The van der Waals surface area contributed by atoms with Crippen molar-refractivity contribution in [3.63, 3.8) is 0 Å². The van der Waals surface area contributed by atoms with Crippen molar-refractivity contribution < 1.29 is 19.1 Å². The molecule has 8 heteroatoms. The monoisotopic (exact) mass is 210 g/mol. The van der Waals surface area contributed by atoms with Gasteiger partial charge in [-0.25, -0.2) is 0 Å². The van der Waals surface area contributed by atoms with Gasteiger partial charge in [-0.05, 0) is 0 Å². The number of hydrogen-bond acceptors (Lipinski definition) is 5. The van der Waals surface area contributed by atoms with Gasteiger partial charge in [0.1, 0.15) is 0 Å². The number of methoxy groups -OCH3 is 1. The summed E-state index contributed by atoms with van der Waals surface area (Å²) in [6.07, 6.45) is 0. The molecular weight excluding hydrogens is 203 g/mol. The molecule has 12 heavy (non-hydrogen) atoms. The lowest BCUT2D eigenvalue weighted by molar-refractivity contribution is 0.379. The van der Waals surface area contributed by atoms with Crippen LogP contribution in [0.15, 0.2) is 0 Å². The van der Waals surface area contributed by atoms with Gasteiger partial charge in [0.15, 0.2) is 9.75 Å². The van der Waals surface area contributed by atoms with E-state index in [1.54, 1.807) is 0 Å². The van der Waals surface area contributed by atoms with E-state index >= 15 is 0 Å². The number of nitrogens with zero attached hydrogens (tertiary/aromatic N) is 1. The Labute approximate surface area is 72.2 Å². The van der Waals surface area contributed by atoms with Gasteiger partial charge < -0.3 is 20.3 Å². The third-order valence-electron chi connectivity index (χ3n) is 1.05. The van der Waals surface area contributed by atoms with Crippen LogP contribution in [0.5, 0.6) is 5.88 Å². The number of nitrogens with two attached hydrogens (primary N) is 1. The van der Waals surface area contributed by atoms with Crippen LogP contribution in [-0.4, -0.2) is 21.9 Å². The van der Waals surface area contributed by atoms with E-state index in [-0.39, 0.29) is 15.6 Å². The minimum absolute atomic E-state index is 0.0742. The van der Waals surface area contributed by atoms with Crippen molar-refractivity contribution in [2.24, 2.45) is 0 Å². The minimum Gasteiger partial charge on any atom is -0.480 e. The first-order valence-electron chi connectivity index (χ1n) is 2.81. The zero-order valence-electron chi connectivity index (χ0n) is 6.09. The Balaban J connectivity index is 3.23. The highest BCUT2D eigenvalue weighted by Gasteiger charge is 2.27. The van der Waals surface area contributed by atoms with E-state index in [4.69, 9.17) is 15.5 Å². The average Bonchev–Trinajstić information content (AvgIpc) is 2.29. The molecule has 0 saturated carbocycles. The summed E-state index contributed by atoms with van der Waals surface area (Å²) in [7, 11) is -3.03. The molecule has 0 aliphatic heterocycles. The van der Waals surface area contributed by atoms with Crippen LogP contribution in [0.2, 0.25) is 0 Å². The van der Waals surface area contributed by atoms with E-state index in [1.807, 2.05) is 0 Å². The van der Waals surface area contributed by atoms with Crippen LogP contribution in [0, 0.1) is 0 Å². The number of hydrogen-bond donors (Lipinski definition) is 3. The highest BCUT2D eigenvalue weighted by atomic mass is 32.1. The molecule has 0 aliphatic carbocycles. The summed E-state index contributed by atoms with van der Waals surface area (Å²) in [4.78, 5) is 21.1. The molecule has 0 unspecified atom stereocenters. The molecule has 68 valence electrons. The molecule has 0 radical (unpaired) electrons. The summed E-state index contributed by atoms with van der Waals surface area (Å²) in [6, 6.07) is 0. The van der Waals surface area contributed by atoms with E-state index in [9.17, 15) is 4.57 Å². The summed E-state index contributed by atoms with van der Waals surface area (Å²) in [5, 5.41) is 0.0742. The van der Waals surface area contributed by atoms with Crippen LogP contribution in [0.3, 0.4) is 0 Å². The van der Waals surface area contributed by atoms with Crippen LogP contribution < -0.4 is 15.1 Å². The summed E-state index contributed by atoms with van der Waals surface area (Å²) in [5.74, 6) is -0.106. The van der Waals surface area contributed by atoms with Crippen molar-refractivity contribution in [2.45, 2.75) is 0 Å². The first-order chi connectivity index (χ1) is 5.45. The van der Waals surface area contributed by atoms with E-state index in [1.165, 1.54) is 7.11 Å². The smallest absolute Gasteiger partial charge is 0.371 e. The number of anilines is 1. The third kappa shape index (κ3) is 1.75. The predicted molar refractivity (Wildman–Crippen MR) is 44.8 cm³/mol. The second-order valence-electron chi connectivity index (χ2n) is 1.91. The zero-order valence-corrected chi connectivity index (χ0v) is 7.80. The van der Waals surface area contributed by atoms with Crippen molar-refractivity contribution in [2.75, 3.05) is 12.8 Å². The van der Waals surface area contributed by atoms with Gasteiger partial charge in [-0.15, -0.1) is 0 Å². The lowest BCUT2D eigenvalue weighted by Crippen LogP contribution is -2.02. The fourth-order valence-corrected chi connectivity index (χ4v) is 2.32. The van der Waals surface area contributed by atoms with Crippen molar-refractivity contribution in [3.05, 3.63) is 0 Å². The molecule has 0 aromatic carbocycles. The molecule has 1 aromatic rings. The lowest BCUT2D eigenvalue weighted by atomic mass is 10.9. The van der Waals surface area contributed by atoms with Gasteiger partial charge in [-0.2, -0.15) is 4.98 Å². The lowest BCUT2D eigenvalue weighted by Gasteiger charge is -2.00. The third-order valence-corrected chi connectivity index (χ3v) is 3.43. The van der Waals surface area contributed by atoms with Crippen LogP contribution >= 0.6 is 18.9 Å². The van der Waals surface area contributed by atoms with Crippen molar-refractivity contribution in [1.82, 2.24) is 4.98 Å². The topological polar surface area (TPSA) is 106 Å². The number of nitrogen functional groups attached to an aromatic ring is 1. The Kier molecular flexibility index (Phi) is 2.39. The zero-order chi connectivity index (χ0) is 9.35. The van der Waals surface area contributed by atoms with E-state index < -0.39 is 7.60 Å². The molecule has 0 bridgehead atoms. The highest BCUT2D eigenvalue weighted by molar-refractivity contribution is 7.67. The molecule has 1 aromatic heterocycles. The quantitative estimate of drug-likeness (QED) is 0.570. The molecular formula is C4H7N2O4PS. The predicted octanol–water partition coefficient (Wildman–Crippen LogP) is -0.463. The van der Waals surface area contributed by atoms with Crippen LogP contribution in [0.4, 0.5) is 5.13 Å². The Hall–Kier alpha value is -0.620. The molecule has 0 fully saturated rings. The Morgan fingerprint density at radius 3 is 2.58 bits per heavy atom. The molecule has 0 atom stereocenters. The van der Waals surface area contributed by atoms with Gasteiger partial charge in [0.05, 0.1) is 7.11 Å². The molecule has 6 nitrogen and oxygen atoms in total. The first kappa shape index (κ1) is 9.47. The maximum atomic E-state index is 10.8. The normalized spacial score (nSPS) is 11.6. The summed E-state index contributed by atoms with van der Waals surface area (Å²) in [6.45, 7) is 0. The van der Waals surface area contributed by atoms with Gasteiger partial charge in [0.2, 0.25) is 5.88 Å². The summed E-state index contributed by atoms with van der Waals surface area (Å²) in [5.41, 5.74) is 5.24. The number of ether oxygens (including phenoxy) is 1. The largest absolute Gasteiger partial charge is 0.480 e. The van der Waals surface area contributed by atoms with E-state index in [0.29, 0.717) is 0 Å². The summed E-state index contributed by atoms with van der Waals surface area (Å²) >= 11 is 0.724. The van der Waals surface area contributed by atoms with Gasteiger partial charge in [0, 0.05) is 0 Å². The number of aromatic nitrogens is 1. The SMILES string of the molecule is COc1nc(N)sc1P(=O)(O)O. The Bertz CT molecular complexity index is 332. The Morgan fingerprint density at radius 2 is 2.25 bits per heavy atom. The number of thiazole rings is 1. The van der Waals surface area contributed by atoms with Crippen LogP contribution in [0.1, 0.15) is 0 Å². The molecule has 1 rings (SSSR count). The highest BCUT2D eigenvalue weighted by Crippen LogP contribution is 2.40. The molecule has 0 spiro atoms. The molecule has 0 saturated heterocycles. The van der Waals surface area contributed by atoms with Crippen molar-refractivity contribution >= 4 is 28.7 Å². The maximum Gasteiger partial charge on any atom is 0.371 e. The van der Waals surface area contributed by atoms with E-state index in [2.05, 4.69) is 9.72 Å². The number of rotatable bonds is 2. The van der Waals surface area contributed by atoms with Gasteiger partial charge in [-0.3, -0.25) is 4.57 Å². The Morgan fingerprint density at radius 1 is 1.67 bits per heavy atom. The molecule has 1 heterocycles. The fraction of sp³-hybridized carbons (Fsp3) is 0.250. The minimum atomic E-state index is -4.30. The summed E-state index contributed by atoms with van der Waals surface area (Å²) < 4.78 is 15.1. The molecule has 0 aliphatic rings. The standard InChI is InChI=1S/C4H7N2O4PS/c1-10-2-3(11(7,8)9)12-4(5)6-2/h1H3,(H2,5,6)(H2,7,8,9). The van der Waals surface area contributed by atoms with Gasteiger partial charge in [0.25, 0.3) is 0 Å². The second-order valence-corrected chi connectivity index (χ2v) is 4.78. The van der Waals surface area contributed by atoms with E-state index in [0.717, 1.165) is 11.3 Å². The van der Waals surface area contributed by atoms with Crippen LogP contribution in [0.25, 0.3) is 0 Å². The van der Waals surface area contributed by atoms with Gasteiger partial charge >= 0.3 is 7.60 Å². The molecule has 4 N–H and O–H groups in total. The van der Waals surface area contributed by atoms with Crippen LogP contribution in [-0.2, 0) is 4.57 Å². The maximum absolute atomic E-state index is 10.8. The second kappa shape index (κ2) is 3.02. The first-order valence-corrected chi connectivity index (χ1v) is 5.24. The van der Waals surface area contributed by atoms with Gasteiger partial charge in [-0.1, -0.05) is 11.3 Å². The van der Waals surface area contributed by atoms with Crippen molar-refractivity contribution in [1.29, 1.82) is 0 Å². The van der Waals surface area contributed by atoms with Crippen molar-refractivity contribution in [3.8, 4) is 5.88 Å².